The zero-order chi connectivity index (χ0) is 20.4. The van der Waals surface area contributed by atoms with Gasteiger partial charge in [-0.15, -0.1) is 12.4 Å². The summed E-state index contributed by atoms with van der Waals surface area (Å²) in [6.07, 6.45) is 4.48. The molecule has 0 aliphatic carbocycles. The number of hydrogen-bond donors (Lipinski definition) is 0. The molecule has 1 aromatic heterocycles. The van der Waals surface area contributed by atoms with Crippen LogP contribution in [0.1, 0.15) is 45.2 Å². The third kappa shape index (κ3) is 4.34. The molecule has 30 heavy (non-hydrogen) atoms. The van der Waals surface area contributed by atoms with E-state index in [1.165, 1.54) is 6.42 Å². The minimum absolute atomic E-state index is 0. The molecule has 0 saturated carbocycles. The Morgan fingerprint density at radius 1 is 1.00 bits per heavy atom. The molecule has 0 bridgehead atoms. The SMILES string of the molecule is Cc1cc([N+]2(C(=O)N3CCCN(C(C)C)CC3)CCCCC2)c2ccccc2n1.Cl. The van der Waals surface area contributed by atoms with Crippen molar-refractivity contribution in [3.05, 3.63) is 36.0 Å². The number of fused-ring (bicyclic) bond motifs is 1. The first kappa shape index (κ1) is 23.0. The maximum Gasteiger partial charge on any atom is 0.424 e. The standard InChI is InChI=1S/C24H35N4O.ClH/c1-19(2)26-12-9-13-27(15-14-26)24(29)28(16-7-4-8-17-28)23-18-20(3)25-22-11-6-5-10-21(22)23;/h5-6,10-11,18-19H,4,7-9,12-17H2,1-3H3;1H/q+1;. The van der Waals surface area contributed by atoms with Crippen molar-refractivity contribution >= 4 is 35.0 Å². The Bertz CT molecular complexity index is 879. The summed E-state index contributed by atoms with van der Waals surface area (Å²) in [6, 6.07) is 11.3. The van der Waals surface area contributed by atoms with E-state index in [0.29, 0.717) is 16.6 Å². The molecule has 5 nitrogen and oxygen atoms in total. The van der Waals surface area contributed by atoms with Crippen molar-refractivity contribution in [2.75, 3.05) is 39.3 Å². The summed E-state index contributed by atoms with van der Waals surface area (Å²) >= 11 is 0. The summed E-state index contributed by atoms with van der Waals surface area (Å²) in [5.41, 5.74) is 3.15. The van der Waals surface area contributed by atoms with Crippen LogP contribution in [-0.4, -0.2) is 66.1 Å². The number of amides is 2. The molecule has 2 aliphatic rings. The lowest BCUT2D eigenvalue weighted by Gasteiger charge is -2.41. The van der Waals surface area contributed by atoms with Crippen LogP contribution in [0.5, 0.6) is 0 Å². The van der Waals surface area contributed by atoms with Gasteiger partial charge in [-0.05, 0) is 58.6 Å². The molecular weight excluding hydrogens is 396 g/mol. The van der Waals surface area contributed by atoms with Crippen LogP contribution in [0.15, 0.2) is 30.3 Å². The van der Waals surface area contributed by atoms with Gasteiger partial charge in [-0.25, -0.2) is 9.28 Å². The van der Waals surface area contributed by atoms with Gasteiger partial charge in [-0.3, -0.25) is 14.8 Å². The number of piperidine rings is 1. The van der Waals surface area contributed by atoms with E-state index in [9.17, 15) is 4.79 Å². The van der Waals surface area contributed by atoms with Crippen molar-refractivity contribution in [3.63, 3.8) is 0 Å². The number of likely N-dealkylation sites (tertiary alicyclic amines) is 1. The largest absolute Gasteiger partial charge is 0.424 e. The zero-order valence-electron chi connectivity index (χ0n) is 18.6. The number of nitrogens with zero attached hydrogens (tertiary/aromatic N) is 4. The minimum atomic E-state index is 0. The lowest BCUT2D eigenvalue weighted by atomic mass is 10.0. The van der Waals surface area contributed by atoms with Crippen molar-refractivity contribution in [2.45, 2.75) is 52.5 Å². The molecule has 6 heteroatoms. The first-order chi connectivity index (χ1) is 14.0. The summed E-state index contributed by atoms with van der Waals surface area (Å²) < 4.78 is 0.464. The van der Waals surface area contributed by atoms with E-state index in [4.69, 9.17) is 4.98 Å². The van der Waals surface area contributed by atoms with Gasteiger partial charge >= 0.3 is 6.03 Å². The summed E-state index contributed by atoms with van der Waals surface area (Å²) in [4.78, 5) is 23.5. The van der Waals surface area contributed by atoms with Crippen molar-refractivity contribution in [2.24, 2.45) is 0 Å². The molecule has 2 aliphatic heterocycles. The number of quaternary nitrogens is 1. The molecule has 2 saturated heterocycles. The maximum atomic E-state index is 14.1. The number of rotatable bonds is 2. The highest BCUT2D eigenvalue weighted by Crippen LogP contribution is 2.36. The molecule has 0 spiro atoms. The summed E-state index contributed by atoms with van der Waals surface area (Å²) in [5.74, 6) is 0. The lowest BCUT2D eigenvalue weighted by Crippen LogP contribution is -2.62. The molecule has 0 N–H and O–H groups in total. The van der Waals surface area contributed by atoms with E-state index in [2.05, 4.69) is 47.9 Å². The molecule has 0 unspecified atom stereocenters. The van der Waals surface area contributed by atoms with Crippen LogP contribution < -0.4 is 4.48 Å². The van der Waals surface area contributed by atoms with Crippen molar-refractivity contribution in [1.29, 1.82) is 0 Å². The average molecular weight is 432 g/mol. The van der Waals surface area contributed by atoms with Crippen LogP contribution in [0, 0.1) is 6.92 Å². The van der Waals surface area contributed by atoms with Crippen LogP contribution in [0.25, 0.3) is 10.9 Å². The van der Waals surface area contributed by atoms with Crippen molar-refractivity contribution in [3.8, 4) is 0 Å². The molecule has 0 atom stereocenters. The van der Waals surface area contributed by atoms with Crippen molar-refractivity contribution < 1.29 is 4.79 Å². The van der Waals surface area contributed by atoms with E-state index >= 15 is 0 Å². The van der Waals surface area contributed by atoms with E-state index < -0.39 is 0 Å². The Kier molecular flexibility index (Phi) is 7.38. The van der Waals surface area contributed by atoms with Gasteiger partial charge in [-0.2, -0.15) is 0 Å². The van der Waals surface area contributed by atoms with E-state index in [-0.39, 0.29) is 12.4 Å². The number of carbonyl (C=O) groups excluding carboxylic acids is 1. The number of benzene rings is 1. The number of halogens is 1. The summed E-state index contributed by atoms with van der Waals surface area (Å²) in [5, 5.41) is 1.13. The van der Waals surface area contributed by atoms with Crippen LogP contribution in [0.4, 0.5) is 10.5 Å². The first-order valence-corrected chi connectivity index (χ1v) is 11.3. The predicted molar refractivity (Wildman–Crippen MR) is 127 cm³/mol. The Hall–Kier alpha value is -1.69. The zero-order valence-corrected chi connectivity index (χ0v) is 19.5. The third-order valence-electron chi connectivity index (χ3n) is 6.76. The van der Waals surface area contributed by atoms with Gasteiger partial charge in [0.05, 0.1) is 24.0 Å². The number of urea groups is 1. The number of aromatic nitrogens is 1. The number of aryl methyl sites for hydroxylation is 1. The Balaban J connectivity index is 0.00000256. The van der Waals surface area contributed by atoms with Crippen LogP contribution in [0.3, 0.4) is 0 Å². The normalized spacial score (nSPS) is 20.1. The Morgan fingerprint density at radius 2 is 1.73 bits per heavy atom. The topological polar surface area (TPSA) is 36.4 Å². The Morgan fingerprint density at radius 3 is 2.47 bits per heavy atom. The maximum absolute atomic E-state index is 14.1. The van der Waals surface area contributed by atoms with E-state index in [1.807, 2.05) is 13.0 Å². The summed E-state index contributed by atoms with van der Waals surface area (Å²) in [7, 11) is 0. The molecule has 164 valence electrons. The van der Waals surface area contributed by atoms with Crippen LogP contribution in [-0.2, 0) is 0 Å². The molecule has 4 rings (SSSR count). The Labute approximate surface area is 187 Å². The molecule has 2 amide bonds. The monoisotopic (exact) mass is 431 g/mol. The molecule has 0 radical (unpaired) electrons. The molecule has 1 aromatic carbocycles. The number of para-hydroxylation sites is 1. The van der Waals surface area contributed by atoms with E-state index in [1.54, 1.807) is 0 Å². The predicted octanol–water partition coefficient (Wildman–Crippen LogP) is 4.99. The molecular formula is C24H36ClN4O+. The third-order valence-corrected chi connectivity index (χ3v) is 6.76. The second-order valence-electron chi connectivity index (χ2n) is 9.03. The van der Waals surface area contributed by atoms with Gasteiger partial charge in [0.15, 0.2) is 5.69 Å². The van der Waals surface area contributed by atoms with Gasteiger partial charge in [0.2, 0.25) is 0 Å². The lowest BCUT2D eigenvalue weighted by molar-refractivity contribution is 0.144. The summed E-state index contributed by atoms with van der Waals surface area (Å²) in [6.45, 7) is 12.1. The van der Waals surface area contributed by atoms with Gasteiger partial charge in [0, 0.05) is 44.0 Å². The quantitative estimate of drug-likeness (QED) is 0.628. The second-order valence-corrected chi connectivity index (χ2v) is 9.03. The van der Waals surface area contributed by atoms with Gasteiger partial charge < -0.3 is 0 Å². The highest BCUT2D eigenvalue weighted by molar-refractivity contribution is 5.99. The number of pyridine rings is 1. The van der Waals surface area contributed by atoms with E-state index in [0.717, 1.165) is 80.8 Å². The molecule has 2 fully saturated rings. The smallest absolute Gasteiger partial charge is 0.299 e. The molecule has 3 heterocycles. The first-order valence-electron chi connectivity index (χ1n) is 11.3. The molecule has 2 aromatic rings. The second kappa shape index (κ2) is 9.63. The highest BCUT2D eigenvalue weighted by atomic mass is 35.5. The van der Waals surface area contributed by atoms with Crippen LogP contribution in [0.2, 0.25) is 0 Å². The average Bonchev–Trinajstić information content (AvgIpc) is 2.99. The fourth-order valence-corrected chi connectivity index (χ4v) is 5.14. The van der Waals surface area contributed by atoms with Gasteiger partial charge in [0.1, 0.15) is 0 Å². The minimum Gasteiger partial charge on any atom is -0.299 e. The fourth-order valence-electron chi connectivity index (χ4n) is 5.14. The van der Waals surface area contributed by atoms with Crippen molar-refractivity contribution in [1.82, 2.24) is 19.3 Å². The van der Waals surface area contributed by atoms with Crippen LogP contribution >= 0.6 is 12.4 Å². The highest BCUT2D eigenvalue weighted by Gasteiger charge is 2.45. The number of carbonyl (C=O) groups is 1. The number of hydrogen-bond acceptors (Lipinski definition) is 3. The fraction of sp³-hybridized carbons (Fsp3) is 0.583. The van der Waals surface area contributed by atoms with Gasteiger partial charge in [0.25, 0.3) is 0 Å². The van der Waals surface area contributed by atoms with Gasteiger partial charge in [-0.1, -0.05) is 12.1 Å².